The first-order valence-corrected chi connectivity index (χ1v) is 6.50. The standard InChI is InChI=1S/C13H16N2O2S/c1-13(2,3)17-12(16)9-4-5-10(15-14)8-6-7-18-11(8)9/h4-7,15H,14H2,1-3H3. The molecule has 0 aliphatic carbocycles. The van der Waals surface area contributed by atoms with Gasteiger partial charge in [0.15, 0.2) is 0 Å². The third kappa shape index (κ3) is 2.47. The van der Waals surface area contributed by atoms with Crippen molar-refractivity contribution >= 4 is 33.1 Å². The Balaban J connectivity index is 2.46. The monoisotopic (exact) mass is 264 g/mol. The molecule has 0 saturated heterocycles. The maximum atomic E-state index is 12.1. The molecule has 1 aromatic heterocycles. The van der Waals surface area contributed by atoms with Gasteiger partial charge in [0.25, 0.3) is 0 Å². The van der Waals surface area contributed by atoms with Gasteiger partial charge in [-0.2, -0.15) is 0 Å². The average Bonchev–Trinajstić information content (AvgIpc) is 2.73. The van der Waals surface area contributed by atoms with Crippen LogP contribution in [0, 0.1) is 0 Å². The van der Waals surface area contributed by atoms with Crippen LogP contribution in [0.15, 0.2) is 23.6 Å². The number of nitrogens with two attached hydrogens (primary N) is 1. The lowest BCUT2D eigenvalue weighted by Gasteiger charge is -2.19. The Morgan fingerprint density at radius 1 is 1.33 bits per heavy atom. The van der Waals surface area contributed by atoms with E-state index in [1.807, 2.05) is 32.2 Å². The fourth-order valence-electron chi connectivity index (χ4n) is 1.68. The van der Waals surface area contributed by atoms with Gasteiger partial charge in [-0.05, 0) is 44.4 Å². The molecule has 1 aromatic carbocycles. The first-order chi connectivity index (χ1) is 8.42. The topological polar surface area (TPSA) is 64.3 Å². The first-order valence-electron chi connectivity index (χ1n) is 5.62. The Morgan fingerprint density at radius 3 is 2.67 bits per heavy atom. The van der Waals surface area contributed by atoms with Crippen molar-refractivity contribution < 1.29 is 9.53 Å². The second-order valence-electron chi connectivity index (χ2n) is 4.97. The molecule has 0 fully saturated rings. The summed E-state index contributed by atoms with van der Waals surface area (Å²) in [6, 6.07) is 5.46. The third-order valence-electron chi connectivity index (χ3n) is 2.39. The fraction of sp³-hybridized carbons (Fsp3) is 0.308. The van der Waals surface area contributed by atoms with Crippen molar-refractivity contribution in [2.75, 3.05) is 5.43 Å². The molecule has 4 nitrogen and oxygen atoms in total. The van der Waals surface area contributed by atoms with Crippen molar-refractivity contribution in [1.82, 2.24) is 0 Å². The van der Waals surface area contributed by atoms with Gasteiger partial charge in [0.2, 0.25) is 0 Å². The van der Waals surface area contributed by atoms with Gasteiger partial charge in [0.1, 0.15) is 5.60 Å². The highest BCUT2D eigenvalue weighted by molar-refractivity contribution is 7.17. The number of thiophene rings is 1. The number of carbonyl (C=O) groups is 1. The molecule has 0 saturated carbocycles. The zero-order valence-electron chi connectivity index (χ0n) is 10.6. The number of nitrogens with one attached hydrogen (secondary N) is 1. The third-order valence-corrected chi connectivity index (χ3v) is 3.34. The number of hydrogen-bond donors (Lipinski definition) is 2. The molecule has 2 rings (SSSR count). The van der Waals surface area contributed by atoms with Crippen molar-refractivity contribution in [2.45, 2.75) is 26.4 Å². The number of rotatable bonds is 2. The summed E-state index contributed by atoms with van der Waals surface area (Å²) in [7, 11) is 0. The van der Waals surface area contributed by atoms with Crippen molar-refractivity contribution in [2.24, 2.45) is 5.84 Å². The van der Waals surface area contributed by atoms with E-state index in [1.165, 1.54) is 11.3 Å². The largest absolute Gasteiger partial charge is 0.456 e. The molecule has 0 unspecified atom stereocenters. The Bertz CT molecular complexity index is 584. The van der Waals surface area contributed by atoms with Crippen LogP contribution in [0.1, 0.15) is 31.1 Å². The number of anilines is 1. The van der Waals surface area contributed by atoms with E-state index >= 15 is 0 Å². The van der Waals surface area contributed by atoms with Crippen LogP contribution in [0.3, 0.4) is 0 Å². The van der Waals surface area contributed by atoms with Gasteiger partial charge in [-0.15, -0.1) is 11.3 Å². The Kier molecular flexibility index (Phi) is 3.28. The fourth-order valence-corrected chi connectivity index (χ4v) is 2.61. The van der Waals surface area contributed by atoms with Gasteiger partial charge >= 0.3 is 5.97 Å². The summed E-state index contributed by atoms with van der Waals surface area (Å²) in [6.45, 7) is 5.56. The normalized spacial score (nSPS) is 11.6. The van der Waals surface area contributed by atoms with Gasteiger partial charge in [0.05, 0.1) is 16.0 Å². The molecule has 5 heteroatoms. The number of ether oxygens (including phenoxy) is 1. The molecular formula is C13H16N2O2S. The summed E-state index contributed by atoms with van der Waals surface area (Å²) in [5.74, 6) is 5.13. The number of hydrazine groups is 1. The maximum absolute atomic E-state index is 12.1. The van der Waals surface area contributed by atoms with Gasteiger partial charge in [0, 0.05) is 5.39 Å². The highest BCUT2D eigenvalue weighted by atomic mass is 32.1. The highest BCUT2D eigenvalue weighted by Crippen LogP contribution is 2.31. The Hall–Kier alpha value is -1.59. The van der Waals surface area contributed by atoms with Crippen molar-refractivity contribution in [1.29, 1.82) is 0 Å². The minimum absolute atomic E-state index is 0.307. The minimum Gasteiger partial charge on any atom is -0.456 e. The van der Waals surface area contributed by atoms with Crippen LogP contribution in [0.4, 0.5) is 5.69 Å². The lowest BCUT2D eigenvalue weighted by atomic mass is 10.1. The molecular weight excluding hydrogens is 248 g/mol. The van der Waals surface area contributed by atoms with Gasteiger partial charge in [-0.3, -0.25) is 5.84 Å². The number of fused-ring (bicyclic) bond motifs is 1. The summed E-state index contributed by atoms with van der Waals surface area (Å²) >= 11 is 1.50. The molecule has 0 aliphatic heterocycles. The van der Waals surface area contributed by atoms with E-state index in [9.17, 15) is 4.79 Å². The van der Waals surface area contributed by atoms with Crippen LogP contribution in [0.2, 0.25) is 0 Å². The lowest BCUT2D eigenvalue weighted by Crippen LogP contribution is -2.24. The number of benzene rings is 1. The van der Waals surface area contributed by atoms with Crippen LogP contribution in [-0.4, -0.2) is 11.6 Å². The van der Waals surface area contributed by atoms with Crippen LogP contribution in [-0.2, 0) is 4.74 Å². The summed E-state index contributed by atoms with van der Waals surface area (Å²) in [6.07, 6.45) is 0. The van der Waals surface area contributed by atoms with E-state index in [-0.39, 0.29) is 5.97 Å². The van der Waals surface area contributed by atoms with Crippen LogP contribution >= 0.6 is 11.3 Å². The number of hydrogen-bond acceptors (Lipinski definition) is 5. The molecule has 0 spiro atoms. The van der Waals surface area contributed by atoms with E-state index < -0.39 is 5.60 Å². The molecule has 3 N–H and O–H groups in total. The van der Waals surface area contributed by atoms with Crippen LogP contribution < -0.4 is 11.3 Å². The first kappa shape index (κ1) is 12.9. The summed E-state index contributed by atoms with van der Waals surface area (Å²) in [5.41, 5.74) is 3.51. The highest BCUT2D eigenvalue weighted by Gasteiger charge is 2.20. The predicted molar refractivity (Wildman–Crippen MR) is 74.8 cm³/mol. The Labute approximate surface area is 110 Å². The molecule has 0 bridgehead atoms. The zero-order valence-corrected chi connectivity index (χ0v) is 11.4. The molecule has 18 heavy (non-hydrogen) atoms. The van der Waals surface area contributed by atoms with Crippen molar-refractivity contribution in [3.63, 3.8) is 0 Å². The van der Waals surface area contributed by atoms with E-state index in [0.717, 1.165) is 15.8 Å². The van der Waals surface area contributed by atoms with Gasteiger partial charge in [-0.25, -0.2) is 4.79 Å². The molecule has 0 radical (unpaired) electrons. The molecule has 1 heterocycles. The number of nitrogen functional groups attached to an aromatic ring is 1. The minimum atomic E-state index is -0.495. The lowest BCUT2D eigenvalue weighted by molar-refractivity contribution is 0.00721. The average molecular weight is 264 g/mol. The second kappa shape index (κ2) is 4.59. The van der Waals surface area contributed by atoms with E-state index in [2.05, 4.69) is 5.43 Å². The molecule has 0 aliphatic rings. The maximum Gasteiger partial charge on any atom is 0.340 e. The SMILES string of the molecule is CC(C)(C)OC(=O)c1ccc(NN)c2ccsc12. The summed E-state index contributed by atoms with van der Waals surface area (Å²) < 4.78 is 6.28. The predicted octanol–water partition coefficient (Wildman–Crippen LogP) is 3.14. The second-order valence-corrected chi connectivity index (χ2v) is 5.89. The molecule has 0 atom stereocenters. The Morgan fingerprint density at radius 2 is 2.06 bits per heavy atom. The quantitative estimate of drug-likeness (QED) is 0.497. The summed E-state index contributed by atoms with van der Waals surface area (Å²) in [5, 5.41) is 2.87. The smallest absolute Gasteiger partial charge is 0.340 e. The van der Waals surface area contributed by atoms with Crippen molar-refractivity contribution in [3.05, 3.63) is 29.1 Å². The molecule has 2 aromatic rings. The molecule has 96 valence electrons. The van der Waals surface area contributed by atoms with Crippen molar-refractivity contribution in [3.8, 4) is 0 Å². The van der Waals surface area contributed by atoms with E-state index in [1.54, 1.807) is 12.1 Å². The van der Waals surface area contributed by atoms with Crippen LogP contribution in [0.25, 0.3) is 10.1 Å². The van der Waals surface area contributed by atoms with E-state index in [0.29, 0.717) is 5.56 Å². The zero-order chi connectivity index (χ0) is 13.3. The number of carbonyl (C=O) groups excluding carboxylic acids is 1. The summed E-state index contributed by atoms with van der Waals surface area (Å²) in [4.78, 5) is 12.1. The molecule has 0 amide bonds. The number of esters is 1. The van der Waals surface area contributed by atoms with E-state index in [4.69, 9.17) is 10.6 Å². The van der Waals surface area contributed by atoms with Crippen LogP contribution in [0.5, 0.6) is 0 Å². The van der Waals surface area contributed by atoms with Gasteiger partial charge < -0.3 is 10.2 Å². The van der Waals surface area contributed by atoms with Gasteiger partial charge in [-0.1, -0.05) is 0 Å².